The largest absolute Gasteiger partial charge is 0.490 e. The van der Waals surface area contributed by atoms with E-state index in [1.165, 1.54) is 11.1 Å². The maximum atomic E-state index is 7.02. The van der Waals surface area contributed by atoms with Crippen molar-refractivity contribution < 1.29 is 23.1 Å². The molecule has 7 heteroatoms. The second-order valence-electron chi connectivity index (χ2n) is 15.1. The average Bonchev–Trinajstić information content (AvgIpc) is 3.40. The van der Waals surface area contributed by atoms with Gasteiger partial charge in [0.25, 0.3) is 0 Å². The number of hydrogen-bond acceptors (Lipinski definition) is 5. The summed E-state index contributed by atoms with van der Waals surface area (Å²) in [5.41, 5.74) is 2.51. The van der Waals surface area contributed by atoms with Gasteiger partial charge in [-0.2, -0.15) is 0 Å². The third kappa shape index (κ3) is 7.47. The van der Waals surface area contributed by atoms with Gasteiger partial charge < -0.3 is 23.1 Å². The van der Waals surface area contributed by atoms with Crippen LogP contribution in [0.5, 0.6) is 11.5 Å². The zero-order chi connectivity index (χ0) is 30.2. The maximum absolute atomic E-state index is 7.02. The summed E-state index contributed by atoms with van der Waals surface area (Å²) in [5.74, 6) is 1.98. The van der Waals surface area contributed by atoms with Crippen LogP contribution in [-0.2, 0) is 20.0 Å². The van der Waals surface area contributed by atoms with Crippen LogP contribution in [-0.4, -0.2) is 48.7 Å². The predicted molar refractivity (Wildman–Crippen MR) is 173 cm³/mol. The van der Waals surface area contributed by atoms with Gasteiger partial charge in [-0.1, -0.05) is 71.9 Å². The highest BCUT2D eigenvalue weighted by molar-refractivity contribution is 6.74. The van der Waals surface area contributed by atoms with Crippen molar-refractivity contribution in [2.24, 2.45) is 5.92 Å². The molecule has 4 rings (SSSR count). The number of hydrogen-bond donors (Lipinski definition) is 0. The number of ether oxygens (including phenoxy) is 3. The van der Waals surface area contributed by atoms with Gasteiger partial charge in [0.15, 0.2) is 16.6 Å². The minimum atomic E-state index is -1.94. The molecule has 0 saturated heterocycles. The summed E-state index contributed by atoms with van der Waals surface area (Å²) in [6, 6.07) is 16.5. The van der Waals surface area contributed by atoms with Crippen LogP contribution in [0.1, 0.15) is 71.6 Å². The van der Waals surface area contributed by atoms with Gasteiger partial charge in [-0.05, 0) is 65.9 Å². The zero-order valence-electron chi connectivity index (χ0n) is 27.4. The van der Waals surface area contributed by atoms with Gasteiger partial charge in [-0.3, -0.25) is 0 Å². The molecule has 228 valence electrons. The van der Waals surface area contributed by atoms with Crippen LogP contribution in [0.4, 0.5) is 0 Å². The quantitative estimate of drug-likeness (QED) is 0.256. The summed E-state index contributed by atoms with van der Waals surface area (Å²) in [4.78, 5) is 0. The van der Waals surface area contributed by atoms with Crippen LogP contribution >= 0.6 is 0 Å². The normalized spacial score (nSPS) is 25.3. The van der Waals surface area contributed by atoms with Gasteiger partial charge in [-0.15, -0.1) is 0 Å². The molecule has 2 aliphatic rings. The lowest BCUT2D eigenvalue weighted by molar-refractivity contribution is 0.0124. The lowest BCUT2D eigenvalue weighted by Crippen LogP contribution is -2.46. The van der Waals surface area contributed by atoms with Crippen LogP contribution in [0.3, 0.4) is 0 Å². The van der Waals surface area contributed by atoms with Crippen LogP contribution in [0.25, 0.3) is 0 Å². The second-order valence-corrected chi connectivity index (χ2v) is 24.7. The van der Waals surface area contributed by atoms with Gasteiger partial charge in [0.05, 0.1) is 6.10 Å². The molecule has 0 N–H and O–H groups in total. The molecule has 1 saturated carbocycles. The third-order valence-electron chi connectivity index (χ3n) is 10.1. The number of rotatable bonds is 10. The predicted octanol–water partition coefficient (Wildman–Crippen LogP) is 8.95. The van der Waals surface area contributed by atoms with Crippen LogP contribution in [0, 0.1) is 5.92 Å². The van der Waals surface area contributed by atoms with Crippen molar-refractivity contribution in [1.82, 2.24) is 0 Å². The number of benzene rings is 2. The molecule has 0 aliphatic heterocycles. The molecule has 0 amide bonds. The molecule has 0 heterocycles. The Morgan fingerprint density at radius 3 is 2.02 bits per heavy atom. The van der Waals surface area contributed by atoms with E-state index in [4.69, 9.17) is 23.1 Å². The molecular weight excluding hydrogens is 545 g/mol. The molecule has 0 unspecified atom stereocenters. The van der Waals surface area contributed by atoms with Crippen molar-refractivity contribution in [2.45, 2.75) is 121 Å². The van der Waals surface area contributed by atoms with Gasteiger partial charge in [0.1, 0.15) is 29.8 Å². The fourth-order valence-corrected chi connectivity index (χ4v) is 7.90. The van der Waals surface area contributed by atoms with E-state index in [0.717, 1.165) is 37.4 Å². The summed E-state index contributed by atoms with van der Waals surface area (Å²) in [7, 11) is -2.05. The van der Waals surface area contributed by atoms with E-state index in [9.17, 15) is 0 Å². The van der Waals surface area contributed by atoms with Crippen LogP contribution in [0.2, 0.25) is 36.3 Å². The first-order valence-electron chi connectivity index (χ1n) is 15.4. The van der Waals surface area contributed by atoms with E-state index in [2.05, 4.69) is 92.0 Å². The van der Waals surface area contributed by atoms with Crippen molar-refractivity contribution in [3.05, 3.63) is 59.7 Å². The second kappa shape index (κ2) is 12.2. The Kier molecular flexibility index (Phi) is 9.57. The third-order valence-corrected chi connectivity index (χ3v) is 19.1. The Labute approximate surface area is 251 Å². The van der Waals surface area contributed by atoms with Crippen molar-refractivity contribution in [3.8, 4) is 11.5 Å². The summed E-state index contributed by atoms with van der Waals surface area (Å²) in [5, 5.41) is 0.336. The van der Waals surface area contributed by atoms with E-state index < -0.39 is 16.6 Å². The van der Waals surface area contributed by atoms with Crippen LogP contribution < -0.4 is 9.47 Å². The smallest absolute Gasteiger partial charge is 0.192 e. The minimum absolute atomic E-state index is 0.0571. The van der Waals surface area contributed by atoms with E-state index in [-0.39, 0.29) is 34.5 Å². The molecule has 5 nitrogen and oxygen atoms in total. The summed E-state index contributed by atoms with van der Waals surface area (Å²) < 4.78 is 32.7. The van der Waals surface area contributed by atoms with E-state index >= 15 is 0 Å². The lowest BCUT2D eigenvalue weighted by atomic mass is 10.1. The molecule has 2 aromatic carbocycles. The first kappa shape index (κ1) is 32.3. The Balaban J connectivity index is 1.45. The van der Waals surface area contributed by atoms with Crippen molar-refractivity contribution in [1.29, 1.82) is 0 Å². The molecule has 2 aliphatic carbocycles. The molecule has 5 atom stereocenters. The van der Waals surface area contributed by atoms with Crippen molar-refractivity contribution in [2.75, 3.05) is 13.7 Å². The molecule has 0 spiro atoms. The van der Waals surface area contributed by atoms with Gasteiger partial charge in [-0.25, -0.2) is 0 Å². The zero-order valence-corrected chi connectivity index (χ0v) is 29.4. The monoisotopic (exact) mass is 598 g/mol. The van der Waals surface area contributed by atoms with Crippen molar-refractivity contribution in [3.63, 3.8) is 0 Å². The average molecular weight is 599 g/mol. The molecule has 0 radical (unpaired) electrons. The van der Waals surface area contributed by atoms with Gasteiger partial charge in [0, 0.05) is 38.5 Å². The highest BCUT2D eigenvalue weighted by Gasteiger charge is 2.46. The highest BCUT2D eigenvalue weighted by atomic mass is 28.4. The summed E-state index contributed by atoms with van der Waals surface area (Å²) in [6.45, 7) is 23.9. The first-order chi connectivity index (χ1) is 19.0. The van der Waals surface area contributed by atoms with Gasteiger partial charge >= 0.3 is 0 Å². The first-order valence-corrected chi connectivity index (χ1v) is 21.2. The SMILES string of the molecule is CO[C@H]1c2ccccc2C[C@H]1Oc1cccc(O[C@@H]2C[C@@H](CO[Si](C)(C)C(C)(C)C)[C@@H](O[Si](C)(C)C(C)(C)C)C2)c1. The van der Waals surface area contributed by atoms with E-state index in [0.29, 0.717) is 5.92 Å². The fraction of sp³-hybridized carbons (Fsp3) is 0.647. The number of fused-ring (bicyclic) bond motifs is 1. The maximum Gasteiger partial charge on any atom is 0.192 e. The molecule has 0 bridgehead atoms. The lowest BCUT2D eigenvalue weighted by Gasteiger charge is -2.41. The topological polar surface area (TPSA) is 46.2 Å². The Hall–Kier alpha value is -1.65. The Bertz CT molecular complexity index is 1170. The Morgan fingerprint density at radius 1 is 0.756 bits per heavy atom. The van der Waals surface area contributed by atoms with Crippen LogP contribution in [0.15, 0.2) is 48.5 Å². The van der Waals surface area contributed by atoms with Gasteiger partial charge in [0.2, 0.25) is 0 Å². The molecule has 0 aromatic heterocycles. The van der Waals surface area contributed by atoms with E-state index in [1.807, 2.05) is 24.3 Å². The Morgan fingerprint density at radius 2 is 1.39 bits per heavy atom. The van der Waals surface area contributed by atoms with Crippen molar-refractivity contribution >= 4 is 16.6 Å². The summed E-state index contributed by atoms with van der Waals surface area (Å²) >= 11 is 0. The van der Waals surface area contributed by atoms with E-state index in [1.54, 1.807) is 7.11 Å². The fourth-order valence-electron chi connectivity index (χ4n) is 5.43. The highest BCUT2D eigenvalue weighted by Crippen LogP contribution is 2.43. The molecule has 1 fully saturated rings. The standard InChI is InChI=1S/C34H54O5Si2/c1-33(2,3)40(8,9)36-23-25-19-28(22-30(25)39-41(10,11)34(4,5)6)37-26-16-14-17-27(21-26)38-31-20-24-15-12-13-18-29(24)32(31)35-7/h12-18,21,25,28,30-32H,19-20,22-23H2,1-11H3/t25-,28+,30-,31+,32-/m0/s1. The molecular formula is C34H54O5Si2. The molecule has 2 aromatic rings. The minimum Gasteiger partial charge on any atom is -0.490 e. The summed E-state index contributed by atoms with van der Waals surface area (Å²) in [6.07, 6.45) is 2.75. The molecule has 41 heavy (non-hydrogen) atoms. The number of methoxy groups -OCH3 is 1.